The number of nitrogens with zero attached hydrogens (tertiary/aromatic N) is 1. The summed E-state index contributed by atoms with van der Waals surface area (Å²) >= 11 is 2.03. The molecule has 0 spiro atoms. The van der Waals surface area contributed by atoms with Gasteiger partial charge in [-0.05, 0) is 53.8 Å². The zero-order chi connectivity index (χ0) is 19.9. The summed E-state index contributed by atoms with van der Waals surface area (Å²) in [4.78, 5) is 0.0641. The van der Waals surface area contributed by atoms with Crippen LogP contribution >= 0.6 is 22.6 Å². The third kappa shape index (κ3) is 3.68. The van der Waals surface area contributed by atoms with Crippen LogP contribution in [-0.4, -0.2) is 27.4 Å². The summed E-state index contributed by atoms with van der Waals surface area (Å²) in [6.45, 7) is 5.94. The number of ether oxygens (including phenoxy) is 4. The molecule has 1 saturated heterocycles. The van der Waals surface area contributed by atoms with Gasteiger partial charge in [0.1, 0.15) is 0 Å². The first-order valence-electron chi connectivity index (χ1n) is 8.32. The topological polar surface area (TPSA) is 83.4 Å². The van der Waals surface area contributed by atoms with Crippen molar-refractivity contribution >= 4 is 38.7 Å². The van der Waals surface area contributed by atoms with E-state index in [0.29, 0.717) is 15.1 Å². The van der Waals surface area contributed by atoms with Crippen LogP contribution in [0.3, 0.4) is 0 Å². The van der Waals surface area contributed by atoms with Crippen LogP contribution < -0.4 is 9.47 Å². The molecule has 2 aliphatic heterocycles. The van der Waals surface area contributed by atoms with E-state index in [1.165, 1.54) is 12.1 Å². The summed E-state index contributed by atoms with van der Waals surface area (Å²) in [5, 5.41) is 0. The number of fused-ring (bicyclic) bond motifs is 1. The van der Waals surface area contributed by atoms with Crippen molar-refractivity contribution in [2.75, 3.05) is 6.79 Å². The van der Waals surface area contributed by atoms with Gasteiger partial charge in [0.15, 0.2) is 23.7 Å². The number of halogens is 1. The van der Waals surface area contributed by atoms with Gasteiger partial charge in [0.25, 0.3) is 10.0 Å². The molecule has 0 aromatic heterocycles. The molecule has 1 fully saturated rings. The maximum Gasteiger partial charge on any atom is 0.401 e. The highest BCUT2D eigenvalue weighted by Gasteiger charge is 2.39. The maximum absolute atomic E-state index is 12.6. The molecule has 0 aliphatic carbocycles. The van der Waals surface area contributed by atoms with Gasteiger partial charge in [-0.1, -0.05) is 34.7 Å². The molecule has 2 aromatic rings. The lowest BCUT2D eigenvalue weighted by molar-refractivity contribution is 0.173. The lowest BCUT2D eigenvalue weighted by atomic mass is 10.0. The molecule has 4 rings (SSSR count). The first kappa shape index (κ1) is 19.1. The van der Waals surface area contributed by atoms with Crippen LogP contribution in [0.25, 0.3) is 0 Å². The molecule has 9 heteroatoms. The van der Waals surface area contributed by atoms with E-state index in [9.17, 15) is 8.42 Å². The van der Waals surface area contributed by atoms with Crippen molar-refractivity contribution in [2.24, 2.45) is 4.40 Å². The van der Waals surface area contributed by atoms with Crippen LogP contribution in [0.2, 0.25) is 0 Å². The van der Waals surface area contributed by atoms with E-state index < -0.39 is 22.2 Å². The molecule has 0 saturated carbocycles. The van der Waals surface area contributed by atoms with E-state index in [4.69, 9.17) is 18.9 Å². The van der Waals surface area contributed by atoms with E-state index in [1.54, 1.807) is 24.3 Å². The second-order valence-electron chi connectivity index (χ2n) is 6.28. The van der Waals surface area contributed by atoms with Crippen molar-refractivity contribution in [1.82, 2.24) is 0 Å². The van der Waals surface area contributed by atoms with E-state index in [2.05, 4.69) is 11.0 Å². The molecule has 2 heterocycles. The van der Waals surface area contributed by atoms with Crippen molar-refractivity contribution in [3.63, 3.8) is 0 Å². The smallest absolute Gasteiger partial charge is 0.401 e. The summed E-state index contributed by atoms with van der Waals surface area (Å²) in [7, 11) is -3.96. The van der Waals surface area contributed by atoms with Crippen molar-refractivity contribution in [3.8, 4) is 11.5 Å². The average molecular weight is 513 g/mol. The van der Waals surface area contributed by atoms with Gasteiger partial charge in [-0.2, -0.15) is 8.42 Å². The monoisotopic (exact) mass is 513 g/mol. The fraction of sp³-hybridized carbons (Fsp3) is 0.211. The molecule has 0 amide bonds. The zero-order valence-electron chi connectivity index (χ0n) is 14.8. The Morgan fingerprint density at radius 2 is 1.82 bits per heavy atom. The Morgan fingerprint density at radius 3 is 2.54 bits per heavy atom. The van der Waals surface area contributed by atoms with Crippen molar-refractivity contribution in [3.05, 3.63) is 63.8 Å². The molecule has 2 atom stereocenters. The highest BCUT2D eigenvalue weighted by atomic mass is 127. The lowest BCUT2D eigenvalue weighted by Gasteiger charge is -2.15. The molecule has 0 unspecified atom stereocenters. The Labute approximate surface area is 176 Å². The van der Waals surface area contributed by atoms with E-state index in [0.717, 1.165) is 11.1 Å². The van der Waals surface area contributed by atoms with Crippen LogP contribution in [0, 0.1) is 6.92 Å². The van der Waals surface area contributed by atoms with Crippen LogP contribution in [-0.2, 0) is 19.5 Å². The minimum atomic E-state index is -3.96. The second kappa shape index (κ2) is 7.28. The van der Waals surface area contributed by atoms with Gasteiger partial charge in [-0.25, -0.2) is 0 Å². The van der Waals surface area contributed by atoms with E-state index in [1.807, 2.05) is 35.6 Å². The summed E-state index contributed by atoms with van der Waals surface area (Å²) < 4.78 is 51.6. The minimum absolute atomic E-state index is 0.0641. The van der Waals surface area contributed by atoms with Gasteiger partial charge in [-0.15, -0.1) is 0 Å². The second-order valence-corrected chi connectivity index (χ2v) is 9.27. The Kier molecular flexibility index (Phi) is 4.96. The Bertz CT molecular complexity index is 1060. The van der Waals surface area contributed by atoms with Crippen molar-refractivity contribution in [1.29, 1.82) is 0 Å². The third-order valence-corrected chi connectivity index (χ3v) is 6.15. The highest BCUT2D eigenvalue weighted by molar-refractivity contribution is 14.1. The van der Waals surface area contributed by atoms with Crippen LogP contribution in [0.5, 0.6) is 11.5 Å². The Balaban J connectivity index is 1.64. The molecule has 2 aromatic carbocycles. The van der Waals surface area contributed by atoms with E-state index in [-0.39, 0.29) is 17.8 Å². The summed E-state index contributed by atoms with van der Waals surface area (Å²) in [5.74, 6) is 1.24. The SMILES string of the molecule is C=C(I)[C@H]1O/C(=N/S(=O)(=O)c2ccc(C)cc2)O[C@@H]1c1ccc2c(c1)OCO2. The molecule has 0 N–H and O–H groups in total. The molecular weight excluding hydrogens is 497 g/mol. The van der Waals surface area contributed by atoms with Crippen molar-refractivity contribution in [2.45, 2.75) is 24.0 Å². The van der Waals surface area contributed by atoms with Gasteiger partial charge < -0.3 is 18.9 Å². The first-order chi connectivity index (χ1) is 13.3. The van der Waals surface area contributed by atoms with Gasteiger partial charge in [0, 0.05) is 9.14 Å². The Hall–Kier alpha value is -2.27. The maximum atomic E-state index is 12.6. The van der Waals surface area contributed by atoms with Gasteiger partial charge >= 0.3 is 6.08 Å². The van der Waals surface area contributed by atoms with Gasteiger partial charge in [0.05, 0.1) is 4.90 Å². The first-order valence-corrected chi connectivity index (χ1v) is 10.8. The molecule has 28 heavy (non-hydrogen) atoms. The summed E-state index contributed by atoms with van der Waals surface area (Å²) in [5.41, 5.74) is 1.69. The van der Waals surface area contributed by atoms with Crippen LogP contribution in [0.15, 0.2) is 61.9 Å². The summed E-state index contributed by atoms with van der Waals surface area (Å²) in [6.07, 6.45) is -1.51. The highest BCUT2D eigenvalue weighted by Crippen LogP contribution is 2.41. The van der Waals surface area contributed by atoms with Gasteiger partial charge in [-0.3, -0.25) is 0 Å². The quantitative estimate of drug-likeness (QED) is 0.578. The number of benzene rings is 2. The van der Waals surface area contributed by atoms with Gasteiger partial charge in [0.2, 0.25) is 6.79 Å². The number of aryl methyl sites for hydroxylation is 1. The van der Waals surface area contributed by atoms with Crippen molar-refractivity contribution < 1.29 is 27.4 Å². The summed E-state index contributed by atoms with van der Waals surface area (Å²) in [6, 6.07) is 11.8. The predicted molar refractivity (Wildman–Crippen MR) is 110 cm³/mol. The van der Waals surface area contributed by atoms with Crippen LogP contribution in [0.1, 0.15) is 17.2 Å². The largest absolute Gasteiger partial charge is 0.454 e. The molecule has 7 nitrogen and oxygen atoms in total. The third-order valence-electron chi connectivity index (χ3n) is 4.28. The normalized spacial score (nSPS) is 22.0. The fourth-order valence-corrected chi connectivity index (χ4v) is 4.16. The molecule has 0 bridgehead atoms. The fourth-order valence-electron chi connectivity index (χ4n) is 2.83. The lowest BCUT2D eigenvalue weighted by Crippen LogP contribution is -2.14. The van der Waals surface area contributed by atoms with Crippen LogP contribution in [0.4, 0.5) is 0 Å². The molecular formula is C19H16INO6S. The molecule has 0 radical (unpaired) electrons. The zero-order valence-corrected chi connectivity index (χ0v) is 17.8. The Morgan fingerprint density at radius 1 is 1.11 bits per heavy atom. The molecule has 146 valence electrons. The number of hydrogen-bond acceptors (Lipinski definition) is 6. The number of rotatable bonds is 4. The standard InChI is InChI=1S/C19H16INO6S/c1-11-3-6-14(7-4-11)28(22,23)21-19-26-17(12(2)20)18(27-19)13-5-8-15-16(9-13)25-10-24-15/h3-9,17-18H,2,10H2,1H3/b21-19-/t17-,18-/m1/s1. The van der Waals surface area contributed by atoms with E-state index >= 15 is 0 Å². The average Bonchev–Trinajstić information content (AvgIpc) is 3.27. The molecule has 2 aliphatic rings. The number of sulfonamides is 1. The minimum Gasteiger partial charge on any atom is -0.454 e. The number of hydrogen-bond donors (Lipinski definition) is 0. The predicted octanol–water partition coefficient (Wildman–Crippen LogP) is 3.87.